The highest BCUT2D eigenvalue weighted by atomic mass is 16.7. The zero-order chi connectivity index (χ0) is 17.5. The molecule has 2 fully saturated rings. The normalized spacial score (nSPS) is 19.6. The molecule has 2 aliphatic heterocycles. The first kappa shape index (κ1) is 18.3. The van der Waals surface area contributed by atoms with E-state index >= 15 is 0 Å². The first-order valence-corrected chi connectivity index (χ1v) is 8.21. The van der Waals surface area contributed by atoms with Gasteiger partial charge in [-0.15, -0.1) is 5.06 Å². The van der Waals surface area contributed by atoms with Crippen LogP contribution in [0.1, 0.15) is 26.2 Å². The molecule has 2 saturated heterocycles. The topological polar surface area (TPSA) is 99.3 Å². The smallest absolute Gasteiger partial charge is 0.334 e. The van der Waals surface area contributed by atoms with Crippen molar-refractivity contribution in [2.75, 3.05) is 45.8 Å². The lowest BCUT2D eigenvalue weighted by Gasteiger charge is -2.34. The van der Waals surface area contributed by atoms with Gasteiger partial charge in [-0.05, 0) is 0 Å². The molecule has 2 rings (SSSR count). The van der Waals surface area contributed by atoms with E-state index in [1.807, 2.05) is 0 Å². The molecule has 134 valence electrons. The van der Waals surface area contributed by atoms with Gasteiger partial charge in [0.05, 0.1) is 6.42 Å². The Hall–Kier alpha value is -2.00. The lowest BCUT2D eigenvalue weighted by atomic mass is 10.3. The van der Waals surface area contributed by atoms with E-state index in [4.69, 9.17) is 4.84 Å². The highest BCUT2D eigenvalue weighted by molar-refractivity contribution is 6.01. The Morgan fingerprint density at radius 3 is 2.08 bits per heavy atom. The molecule has 0 aromatic carbocycles. The van der Waals surface area contributed by atoms with E-state index in [9.17, 15) is 19.2 Å². The Morgan fingerprint density at radius 1 is 1.00 bits per heavy atom. The summed E-state index contributed by atoms with van der Waals surface area (Å²) in [7, 11) is 0. The fourth-order valence-electron chi connectivity index (χ4n) is 2.68. The predicted octanol–water partition coefficient (Wildman–Crippen LogP) is -1.26. The Balaban J connectivity index is 1.60. The number of piperazine rings is 1. The molecule has 0 unspecified atom stereocenters. The van der Waals surface area contributed by atoms with Crippen LogP contribution in [-0.2, 0) is 24.0 Å². The van der Waals surface area contributed by atoms with Gasteiger partial charge >= 0.3 is 5.97 Å². The van der Waals surface area contributed by atoms with Gasteiger partial charge in [0, 0.05) is 65.6 Å². The molecular weight excluding hydrogens is 316 g/mol. The van der Waals surface area contributed by atoms with Gasteiger partial charge in [-0.2, -0.15) is 0 Å². The van der Waals surface area contributed by atoms with Crippen LogP contribution in [0.15, 0.2) is 0 Å². The van der Waals surface area contributed by atoms with Gasteiger partial charge in [0.1, 0.15) is 0 Å². The van der Waals surface area contributed by atoms with Crippen molar-refractivity contribution in [1.29, 1.82) is 0 Å². The molecule has 0 aromatic heterocycles. The monoisotopic (exact) mass is 340 g/mol. The molecule has 2 aliphatic rings. The van der Waals surface area contributed by atoms with Crippen LogP contribution < -0.4 is 5.32 Å². The van der Waals surface area contributed by atoms with Gasteiger partial charge in [-0.1, -0.05) is 0 Å². The van der Waals surface area contributed by atoms with E-state index in [1.165, 1.54) is 6.92 Å². The molecule has 9 nitrogen and oxygen atoms in total. The molecule has 2 heterocycles. The maximum Gasteiger partial charge on any atom is 0.334 e. The number of nitrogens with one attached hydrogen (secondary N) is 1. The van der Waals surface area contributed by atoms with Crippen molar-refractivity contribution < 1.29 is 24.0 Å². The van der Waals surface area contributed by atoms with E-state index in [2.05, 4.69) is 15.1 Å². The summed E-state index contributed by atoms with van der Waals surface area (Å²) in [5.74, 6) is -1.50. The Kier molecular flexibility index (Phi) is 6.68. The average Bonchev–Trinajstić information content (AvgIpc) is 2.86. The van der Waals surface area contributed by atoms with E-state index in [0.29, 0.717) is 18.2 Å². The number of carbonyl (C=O) groups excluding carboxylic acids is 4. The number of hydroxylamine groups is 2. The van der Waals surface area contributed by atoms with Crippen LogP contribution in [0.4, 0.5) is 0 Å². The summed E-state index contributed by atoms with van der Waals surface area (Å²) in [4.78, 5) is 54.6. The van der Waals surface area contributed by atoms with E-state index in [1.54, 1.807) is 0 Å². The molecule has 0 spiro atoms. The second-order valence-corrected chi connectivity index (χ2v) is 5.96. The van der Waals surface area contributed by atoms with Crippen molar-refractivity contribution in [3.8, 4) is 0 Å². The summed E-state index contributed by atoms with van der Waals surface area (Å²) >= 11 is 0. The zero-order valence-corrected chi connectivity index (χ0v) is 14.0. The van der Waals surface area contributed by atoms with Crippen molar-refractivity contribution in [2.45, 2.75) is 26.2 Å². The van der Waals surface area contributed by atoms with Gasteiger partial charge in [-0.25, -0.2) is 4.79 Å². The number of rotatable bonds is 7. The molecule has 0 aromatic rings. The summed E-state index contributed by atoms with van der Waals surface area (Å²) in [5, 5.41) is 3.36. The summed E-state index contributed by atoms with van der Waals surface area (Å²) in [6, 6.07) is 0. The number of imide groups is 1. The van der Waals surface area contributed by atoms with Crippen LogP contribution in [0.3, 0.4) is 0 Å². The molecule has 9 heteroatoms. The molecule has 0 saturated carbocycles. The quantitative estimate of drug-likeness (QED) is 0.577. The summed E-state index contributed by atoms with van der Waals surface area (Å²) < 4.78 is 0. The van der Waals surface area contributed by atoms with Crippen LogP contribution in [0.5, 0.6) is 0 Å². The second kappa shape index (κ2) is 8.74. The summed E-state index contributed by atoms with van der Waals surface area (Å²) in [5.41, 5.74) is 0. The molecule has 0 aliphatic carbocycles. The van der Waals surface area contributed by atoms with Crippen molar-refractivity contribution >= 4 is 23.7 Å². The van der Waals surface area contributed by atoms with Crippen molar-refractivity contribution in [2.24, 2.45) is 0 Å². The third-order valence-electron chi connectivity index (χ3n) is 4.10. The van der Waals surface area contributed by atoms with Crippen LogP contribution in [-0.4, -0.2) is 84.4 Å². The largest absolute Gasteiger partial charge is 0.355 e. The van der Waals surface area contributed by atoms with E-state index < -0.39 is 17.8 Å². The molecule has 0 radical (unpaired) electrons. The number of carbonyl (C=O) groups is 4. The average molecular weight is 340 g/mol. The van der Waals surface area contributed by atoms with Crippen LogP contribution >= 0.6 is 0 Å². The molecule has 24 heavy (non-hydrogen) atoms. The number of nitrogens with zero attached hydrogens (tertiary/aromatic N) is 3. The van der Waals surface area contributed by atoms with E-state index in [-0.39, 0.29) is 25.2 Å². The van der Waals surface area contributed by atoms with Gasteiger partial charge in [-0.3, -0.25) is 19.3 Å². The molecule has 1 N–H and O–H groups in total. The number of hydrogen-bond donors (Lipinski definition) is 1. The lowest BCUT2D eigenvalue weighted by molar-refractivity contribution is -0.197. The minimum atomic E-state index is -0.563. The van der Waals surface area contributed by atoms with Crippen LogP contribution in [0.25, 0.3) is 0 Å². The van der Waals surface area contributed by atoms with Crippen LogP contribution in [0.2, 0.25) is 0 Å². The Labute approximate surface area is 140 Å². The van der Waals surface area contributed by atoms with Crippen molar-refractivity contribution in [3.05, 3.63) is 0 Å². The lowest BCUT2D eigenvalue weighted by Crippen LogP contribution is -2.48. The molecule has 0 atom stereocenters. The summed E-state index contributed by atoms with van der Waals surface area (Å²) in [6.45, 7) is 6.89. The zero-order valence-electron chi connectivity index (χ0n) is 14.0. The number of amides is 3. The van der Waals surface area contributed by atoms with Crippen LogP contribution in [0, 0.1) is 0 Å². The molecule has 3 amide bonds. The first-order chi connectivity index (χ1) is 11.5. The SMILES string of the molecule is CC(=O)NCCN1CCN(CCC(=O)ON2C(=O)CCC2=O)CC1. The number of hydrogen-bond acceptors (Lipinski definition) is 7. The van der Waals surface area contributed by atoms with Gasteiger partial charge in [0.15, 0.2) is 0 Å². The van der Waals surface area contributed by atoms with Gasteiger partial charge in [0.25, 0.3) is 11.8 Å². The predicted molar refractivity (Wildman–Crippen MR) is 83.4 cm³/mol. The molecular formula is C15H24N4O5. The minimum absolute atomic E-state index is 0.0258. The van der Waals surface area contributed by atoms with Crippen molar-refractivity contribution in [3.63, 3.8) is 0 Å². The van der Waals surface area contributed by atoms with Gasteiger partial charge < -0.3 is 15.1 Å². The highest BCUT2D eigenvalue weighted by Gasteiger charge is 2.32. The third kappa shape index (κ3) is 5.57. The first-order valence-electron chi connectivity index (χ1n) is 8.21. The van der Waals surface area contributed by atoms with Gasteiger partial charge in [0.2, 0.25) is 5.91 Å². The minimum Gasteiger partial charge on any atom is -0.355 e. The third-order valence-corrected chi connectivity index (χ3v) is 4.10. The highest BCUT2D eigenvalue weighted by Crippen LogP contribution is 2.12. The maximum atomic E-state index is 11.8. The maximum absolute atomic E-state index is 11.8. The van der Waals surface area contributed by atoms with E-state index in [0.717, 1.165) is 32.7 Å². The Bertz CT molecular complexity index is 486. The fourth-order valence-corrected chi connectivity index (χ4v) is 2.68. The van der Waals surface area contributed by atoms with Crippen molar-refractivity contribution in [1.82, 2.24) is 20.2 Å². The Morgan fingerprint density at radius 2 is 1.54 bits per heavy atom. The standard InChI is InChI=1S/C15H24N4O5/c1-12(20)16-5-7-18-10-8-17(9-11-18)6-4-15(23)24-19-13(21)2-3-14(19)22/h2-11H2,1H3,(H,16,20). The second-order valence-electron chi connectivity index (χ2n) is 5.96. The fraction of sp³-hybridized carbons (Fsp3) is 0.733. The summed E-state index contributed by atoms with van der Waals surface area (Å²) in [6.07, 6.45) is 0.349. The molecule has 0 bridgehead atoms.